The van der Waals surface area contributed by atoms with Crippen LogP contribution in [0.3, 0.4) is 0 Å². The largest absolute Gasteiger partial charge is 0.507 e. The third-order valence-corrected chi connectivity index (χ3v) is 6.18. The van der Waals surface area contributed by atoms with Gasteiger partial charge in [0.25, 0.3) is 11.7 Å². The summed E-state index contributed by atoms with van der Waals surface area (Å²) in [5, 5.41) is 11.5. The second-order valence-electron chi connectivity index (χ2n) is 8.13. The number of aliphatic hydroxyl groups is 1. The van der Waals surface area contributed by atoms with Crippen molar-refractivity contribution in [2.24, 2.45) is 0 Å². The second kappa shape index (κ2) is 10.7. The van der Waals surface area contributed by atoms with Gasteiger partial charge in [0.05, 0.1) is 37.5 Å². The van der Waals surface area contributed by atoms with Gasteiger partial charge in [-0.05, 0) is 66.6 Å². The summed E-state index contributed by atoms with van der Waals surface area (Å²) in [4.78, 5) is 28.0. The van der Waals surface area contributed by atoms with Crippen LogP contribution in [0.1, 0.15) is 30.5 Å². The molecule has 4 rings (SSSR count). The zero-order valence-electron chi connectivity index (χ0n) is 20.2. The number of carbonyl (C=O) groups excluding carboxylic acids is 2. The molecular weight excluding hydrogens is 482 g/mol. The Morgan fingerprint density at radius 2 is 1.61 bits per heavy atom. The Labute approximate surface area is 214 Å². The standard InChI is InChI=1S/C28H26ClNO6/c1-4-15-36-21-10-5-17(6-11-21)25-24(26(31)18-7-14-23(35-3)22(29)16-18)27(32)28(33)30(25)19-8-12-20(34-2)13-9-19/h5-14,16,25,31H,4,15H2,1-3H3/b26-24-. The number of rotatable bonds is 8. The maximum Gasteiger partial charge on any atom is 0.300 e. The first kappa shape index (κ1) is 25.1. The molecule has 0 aromatic heterocycles. The van der Waals surface area contributed by atoms with E-state index in [0.717, 1.165) is 6.42 Å². The summed E-state index contributed by atoms with van der Waals surface area (Å²) < 4.78 is 16.1. The average Bonchev–Trinajstić information content (AvgIpc) is 3.17. The molecule has 0 aliphatic carbocycles. The van der Waals surface area contributed by atoms with E-state index in [-0.39, 0.29) is 16.4 Å². The van der Waals surface area contributed by atoms with E-state index in [9.17, 15) is 14.7 Å². The molecular formula is C28H26ClNO6. The van der Waals surface area contributed by atoms with Crippen molar-refractivity contribution in [1.82, 2.24) is 0 Å². The predicted octanol–water partition coefficient (Wildman–Crippen LogP) is 5.77. The zero-order valence-corrected chi connectivity index (χ0v) is 20.9. The molecule has 0 radical (unpaired) electrons. The Bertz CT molecular complexity index is 1300. The zero-order chi connectivity index (χ0) is 25.8. The lowest BCUT2D eigenvalue weighted by molar-refractivity contribution is -0.132. The topological polar surface area (TPSA) is 85.3 Å². The van der Waals surface area contributed by atoms with Crippen LogP contribution in [-0.2, 0) is 9.59 Å². The van der Waals surface area contributed by atoms with Crippen LogP contribution in [0.25, 0.3) is 5.76 Å². The molecule has 36 heavy (non-hydrogen) atoms. The van der Waals surface area contributed by atoms with Gasteiger partial charge in [0.1, 0.15) is 23.0 Å². The molecule has 0 saturated carbocycles. The maximum atomic E-state index is 13.3. The Morgan fingerprint density at radius 3 is 2.19 bits per heavy atom. The number of nitrogens with zero attached hydrogens (tertiary/aromatic N) is 1. The lowest BCUT2D eigenvalue weighted by Gasteiger charge is -2.25. The van der Waals surface area contributed by atoms with Gasteiger partial charge in [-0.1, -0.05) is 30.7 Å². The van der Waals surface area contributed by atoms with Gasteiger partial charge in [-0.3, -0.25) is 14.5 Å². The molecule has 1 aliphatic rings. The van der Waals surface area contributed by atoms with Crippen molar-refractivity contribution in [3.8, 4) is 17.2 Å². The predicted molar refractivity (Wildman–Crippen MR) is 138 cm³/mol. The molecule has 1 aliphatic heterocycles. The molecule has 1 atom stereocenters. The van der Waals surface area contributed by atoms with Gasteiger partial charge in [0.15, 0.2) is 0 Å². The minimum Gasteiger partial charge on any atom is -0.507 e. The Hall–Kier alpha value is -3.97. The molecule has 1 fully saturated rings. The van der Waals surface area contributed by atoms with Crippen LogP contribution in [0.5, 0.6) is 17.2 Å². The lowest BCUT2D eigenvalue weighted by Crippen LogP contribution is -2.29. The highest BCUT2D eigenvalue weighted by Crippen LogP contribution is 2.43. The van der Waals surface area contributed by atoms with Crippen LogP contribution in [0.4, 0.5) is 5.69 Å². The normalized spacial score (nSPS) is 16.8. The molecule has 3 aromatic rings. The van der Waals surface area contributed by atoms with Crippen LogP contribution in [0.2, 0.25) is 5.02 Å². The number of hydrogen-bond donors (Lipinski definition) is 1. The van der Waals surface area contributed by atoms with E-state index in [1.54, 1.807) is 67.8 Å². The van der Waals surface area contributed by atoms with Crippen molar-refractivity contribution in [3.05, 3.63) is 88.5 Å². The molecule has 0 spiro atoms. The highest BCUT2D eigenvalue weighted by atomic mass is 35.5. The Morgan fingerprint density at radius 1 is 0.944 bits per heavy atom. The van der Waals surface area contributed by atoms with Gasteiger partial charge in [-0.25, -0.2) is 0 Å². The van der Waals surface area contributed by atoms with Gasteiger partial charge < -0.3 is 19.3 Å². The number of carbonyl (C=O) groups is 2. The first-order valence-corrected chi connectivity index (χ1v) is 11.8. The average molecular weight is 508 g/mol. The second-order valence-corrected chi connectivity index (χ2v) is 8.54. The molecule has 3 aromatic carbocycles. The molecule has 0 bridgehead atoms. The molecule has 186 valence electrons. The van der Waals surface area contributed by atoms with Gasteiger partial charge in [-0.15, -0.1) is 0 Å². The number of ether oxygens (including phenoxy) is 3. The number of methoxy groups -OCH3 is 2. The minimum atomic E-state index is -0.875. The summed E-state index contributed by atoms with van der Waals surface area (Å²) in [6, 6.07) is 17.7. The van der Waals surface area contributed by atoms with E-state index in [1.165, 1.54) is 18.1 Å². The molecule has 8 heteroatoms. The highest BCUT2D eigenvalue weighted by Gasteiger charge is 2.47. The minimum absolute atomic E-state index is 0.0423. The van der Waals surface area contributed by atoms with Crippen LogP contribution < -0.4 is 19.1 Å². The molecule has 1 amide bonds. The summed E-state index contributed by atoms with van der Waals surface area (Å²) in [6.45, 7) is 2.59. The van der Waals surface area contributed by atoms with E-state index >= 15 is 0 Å². The highest BCUT2D eigenvalue weighted by molar-refractivity contribution is 6.51. The van der Waals surface area contributed by atoms with Gasteiger partial charge in [-0.2, -0.15) is 0 Å². The SMILES string of the molecule is CCCOc1ccc(C2/C(=C(/O)c3ccc(OC)c(Cl)c3)C(=O)C(=O)N2c2ccc(OC)cc2)cc1. The number of anilines is 1. The summed E-state index contributed by atoms with van der Waals surface area (Å²) in [5.74, 6) is -0.179. The van der Waals surface area contributed by atoms with Crippen molar-refractivity contribution < 1.29 is 28.9 Å². The van der Waals surface area contributed by atoms with E-state index in [2.05, 4.69) is 0 Å². The maximum absolute atomic E-state index is 13.3. The van der Waals surface area contributed by atoms with Crippen molar-refractivity contribution in [2.45, 2.75) is 19.4 Å². The monoisotopic (exact) mass is 507 g/mol. The quantitative estimate of drug-likeness (QED) is 0.236. The molecule has 1 unspecified atom stereocenters. The lowest BCUT2D eigenvalue weighted by atomic mass is 9.95. The van der Waals surface area contributed by atoms with Crippen molar-refractivity contribution in [3.63, 3.8) is 0 Å². The van der Waals surface area contributed by atoms with Gasteiger partial charge >= 0.3 is 0 Å². The Balaban J connectivity index is 1.86. The number of aliphatic hydroxyl groups excluding tert-OH is 1. The smallest absolute Gasteiger partial charge is 0.300 e. The number of halogens is 1. The number of hydrogen-bond acceptors (Lipinski definition) is 6. The van der Waals surface area contributed by atoms with E-state index < -0.39 is 17.7 Å². The number of benzene rings is 3. The first-order chi connectivity index (χ1) is 17.4. The molecule has 1 saturated heterocycles. The van der Waals surface area contributed by atoms with E-state index in [4.69, 9.17) is 25.8 Å². The van der Waals surface area contributed by atoms with Crippen LogP contribution in [-0.4, -0.2) is 37.6 Å². The van der Waals surface area contributed by atoms with Gasteiger partial charge in [0.2, 0.25) is 0 Å². The third kappa shape index (κ3) is 4.75. The number of Topliss-reactive ketones (excluding diaryl/α,β-unsaturated/α-hetero) is 1. The number of amides is 1. The van der Waals surface area contributed by atoms with Crippen LogP contribution >= 0.6 is 11.6 Å². The fourth-order valence-electron chi connectivity index (χ4n) is 4.09. The summed E-state index contributed by atoms with van der Waals surface area (Å²) in [6.07, 6.45) is 0.865. The third-order valence-electron chi connectivity index (χ3n) is 5.89. The number of ketones is 1. The molecule has 7 nitrogen and oxygen atoms in total. The van der Waals surface area contributed by atoms with Crippen molar-refractivity contribution in [1.29, 1.82) is 0 Å². The van der Waals surface area contributed by atoms with Gasteiger partial charge in [0, 0.05) is 11.3 Å². The van der Waals surface area contributed by atoms with Crippen LogP contribution in [0, 0.1) is 0 Å². The first-order valence-electron chi connectivity index (χ1n) is 11.4. The molecule has 1 heterocycles. The fourth-order valence-corrected chi connectivity index (χ4v) is 4.35. The van der Waals surface area contributed by atoms with Crippen molar-refractivity contribution >= 4 is 34.7 Å². The van der Waals surface area contributed by atoms with Crippen LogP contribution in [0.15, 0.2) is 72.3 Å². The van der Waals surface area contributed by atoms with E-state index in [0.29, 0.717) is 40.7 Å². The Kier molecular flexibility index (Phi) is 7.50. The summed E-state index contributed by atoms with van der Waals surface area (Å²) in [7, 11) is 3.03. The van der Waals surface area contributed by atoms with E-state index in [1.807, 2.05) is 6.92 Å². The van der Waals surface area contributed by atoms with Crippen molar-refractivity contribution in [2.75, 3.05) is 25.7 Å². The molecule has 1 N–H and O–H groups in total. The summed E-state index contributed by atoms with van der Waals surface area (Å²) >= 11 is 6.26. The summed E-state index contributed by atoms with van der Waals surface area (Å²) in [5.41, 5.74) is 1.37. The fraction of sp³-hybridized carbons (Fsp3) is 0.214.